The Morgan fingerprint density at radius 2 is 2.08 bits per heavy atom. The summed E-state index contributed by atoms with van der Waals surface area (Å²) in [5, 5.41) is 18.2. The van der Waals surface area contributed by atoms with Crippen molar-refractivity contribution in [2.45, 2.75) is 19.8 Å². The third-order valence-corrected chi connectivity index (χ3v) is 3.66. The molecule has 1 aliphatic rings. The van der Waals surface area contributed by atoms with Crippen LogP contribution in [0, 0.1) is 23.2 Å². The highest BCUT2D eigenvalue weighted by molar-refractivity contribution is 5.92. The van der Waals surface area contributed by atoms with Gasteiger partial charge in [-0.3, -0.25) is 0 Å². The molecule has 2 rings (SSSR count). The predicted molar refractivity (Wildman–Crippen MR) is 90.4 cm³/mol. The molecule has 6 nitrogen and oxygen atoms in total. The van der Waals surface area contributed by atoms with Crippen LogP contribution in [0.15, 0.2) is 47.1 Å². The second-order valence-electron chi connectivity index (χ2n) is 5.20. The smallest absolute Gasteiger partial charge is 0.338 e. The first-order valence-electron chi connectivity index (χ1n) is 7.68. The molecule has 25 heavy (non-hydrogen) atoms. The molecule has 1 heterocycles. The van der Waals surface area contributed by atoms with Gasteiger partial charge in [0.05, 0.1) is 18.1 Å². The minimum Gasteiger partial charge on any atom is -0.463 e. The van der Waals surface area contributed by atoms with E-state index in [1.54, 1.807) is 38.1 Å². The average molecular weight is 338 g/mol. The minimum absolute atomic E-state index is 0.0257. The third-order valence-electron chi connectivity index (χ3n) is 3.66. The van der Waals surface area contributed by atoms with Gasteiger partial charge in [0.15, 0.2) is 0 Å². The van der Waals surface area contributed by atoms with Crippen molar-refractivity contribution < 1.29 is 19.4 Å². The molecule has 128 valence electrons. The standard InChI is InChI=1S/C19H18N2O4/c1-3-24-19(23)16-12(2)25-18(21)15(11-20)17(16)14-8-6-13(7-9-14)5-4-10-22/h6-9,17,22H,3,10,21H2,1-2H3. The van der Waals surface area contributed by atoms with Crippen molar-refractivity contribution in [1.82, 2.24) is 0 Å². The summed E-state index contributed by atoms with van der Waals surface area (Å²) in [5.41, 5.74) is 7.65. The Kier molecular flexibility index (Phi) is 5.84. The lowest BCUT2D eigenvalue weighted by Crippen LogP contribution is -2.25. The molecule has 0 bridgehead atoms. The SMILES string of the molecule is CCOC(=O)C1=C(C)OC(N)=C(C#N)C1c1ccc(C#CCO)cc1. The monoisotopic (exact) mass is 338 g/mol. The zero-order chi connectivity index (χ0) is 18.4. The van der Waals surface area contributed by atoms with Crippen LogP contribution < -0.4 is 5.73 Å². The number of hydrogen-bond acceptors (Lipinski definition) is 6. The molecule has 0 spiro atoms. The fourth-order valence-electron chi connectivity index (χ4n) is 2.59. The Hall–Kier alpha value is -3.22. The molecule has 0 saturated heterocycles. The Labute approximate surface area is 146 Å². The second-order valence-corrected chi connectivity index (χ2v) is 5.20. The lowest BCUT2D eigenvalue weighted by molar-refractivity contribution is -0.139. The van der Waals surface area contributed by atoms with Crippen LogP contribution in [0.3, 0.4) is 0 Å². The van der Waals surface area contributed by atoms with Crippen LogP contribution in [-0.2, 0) is 14.3 Å². The summed E-state index contributed by atoms with van der Waals surface area (Å²) < 4.78 is 10.5. The third kappa shape index (κ3) is 3.82. The maximum absolute atomic E-state index is 12.4. The molecule has 0 aliphatic carbocycles. The fraction of sp³-hybridized carbons (Fsp3) is 0.263. The fourth-order valence-corrected chi connectivity index (χ4v) is 2.59. The van der Waals surface area contributed by atoms with Crippen molar-refractivity contribution >= 4 is 5.97 Å². The van der Waals surface area contributed by atoms with Crippen LogP contribution in [0.2, 0.25) is 0 Å². The first-order chi connectivity index (χ1) is 12.0. The van der Waals surface area contributed by atoms with Crippen LogP contribution in [0.5, 0.6) is 0 Å². The van der Waals surface area contributed by atoms with Gasteiger partial charge in [-0.1, -0.05) is 24.0 Å². The highest BCUT2D eigenvalue weighted by Gasteiger charge is 2.36. The van der Waals surface area contributed by atoms with E-state index in [1.165, 1.54) is 0 Å². The molecule has 0 aromatic heterocycles. The van der Waals surface area contributed by atoms with Gasteiger partial charge < -0.3 is 20.3 Å². The average Bonchev–Trinajstić information content (AvgIpc) is 2.60. The molecule has 1 aromatic rings. The zero-order valence-corrected chi connectivity index (χ0v) is 14.0. The number of nitriles is 1. The summed E-state index contributed by atoms with van der Waals surface area (Å²) >= 11 is 0. The number of benzene rings is 1. The molecule has 0 radical (unpaired) electrons. The number of nitrogens with zero attached hydrogens (tertiary/aromatic N) is 1. The van der Waals surface area contributed by atoms with Gasteiger partial charge in [0.25, 0.3) is 0 Å². The number of esters is 1. The first kappa shape index (κ1) is 18.1. The summed E-state index contributed by atoms with van der Waals surface area (Å²) in [6.45, 7) is 3.30. The molecular weight excluding hydrogens is 320 g/mol. The van der Waals surface area contributed by atoms with Gasteiger partial charge in [-0.2, -0.15) is 5.26 Å². The zero-order valence-electron chi connectivity index (χ0n) is 14.0. The van der Waals surface area contributed by atoms with Crippen LogP contribution in [0.25, 0.3) is 0 Å². The van der Waals surface area contributed by atoms with Gasteiger partial charge in [-0.25, -0.2) is 4.79 Å². The quantitative estimate of drug-likeness (QED) is 0.641. The van der Waals surface area contributed by atoms with E-state index in [1.807, 2.05) is 6.07 Å². The predicted octanol–water partition coefficient (Wildman–Crippen LogP) is 1.68. The lowest BCUT2D eigenvalue weighted by atomic mass is 9.83. The van der Waals surface area contributed by atoms with E-state index in [4.69, 9.17) is 20.3 Å². The van der Waals surface area contributed by atoms with Gasteiger partial charge in [0, 0.05) is 5.56 Å². The van der Waals surface area contributed by atoms with E-state index < -0.39 is 11.9 Å². The summed E-state index contributed by atoms with van der Waals surface area (Å²) in [4.78, 5) is 12.4. The normalized spacial score (nSPS) is 16.5. The van der Waals surface area contributed by atoms with E-state index in [2.05, 4.69) is 11.8 Å². The van der Waals surface area contributed by atoms with Crippen molar-refractivity contribution in [2.24, 2.45) is 5.73 Å². The molecule has 3 N–H and O–H groups in total. The Bertz CT molecular complexity index is 833. The lowest BCUT2D eigenvalue weighted by Gasteiger charge is -2.26. The van der Waals surface area contributed by atoms with E-state index in [-0.39, 0.29) is 30.2 Å². The molecule has 0 fully saturated rings. The Morgan fingerprint density at radius 3 is 2.64 bits per heavy atom. The number of carbonyl (C=O) groups excluding carboxylic acids is 1. The van der Waals surface area contributed by atoms with E-state index in [0.29, 0.717) is 16.9 Å². The van der Waals surface area contributed by atoms with Crippen LogP contribution in [0.1, 0.15) is 30.9 Å². The first-order valence-corrected chi connectivity index (χ1v) is 7.68. The number of allylic oxidation sites excluding steroid dienone is 2. The van der Waals surface area contributed by atoms with Gasteiger partial charge in [-0.05, 0) is 31.5 Å². The summed E-state index contributed by atoms with van der Waals surface area (Å²) in [7, 11) is 0. The van der Waals surface area contributed by atoms with Crippen molar-refractivity contribution in [1.29, 1.82) is 5.26 Å². The number of aliphatic hydroxyl groups is 1. The van der Waals surface area contributed by atoms with E-state index in [9.17, 15) is 10.1 Å². The molecule has 6 heteroatoms. The van der Waals surface area contributed by atoms with Crippen molar-refractivity contribution in [3.63, 3.8) is 0 Å². The number of aliphatic hydroxyl groups excluding tert-OH is 1. The van der Waals surface area contributed by atoms with Gasteiger partial charge >= 0.3 is 5.97 Å². The number of rotatable bonds is 3. The number of ether oxygens (including phenoxy) is 2. The largest absolute Gasteiger partial charge is 0.463 e. The van der Waals surface area contributed by atoms with E-state index in [0.717, 1.165) is 0 Å². The van der Waals surface area contributed by atoms with Crippen LogP contribution >= 0.6 is 0 Å². The molecule has 1 unspecified atom stereocenters. The Balaban J connectivity index is 2.52. The van der Waals surface area contributed by atoms with Crippen molar-refractivity contribution in [3.8, 4) is 17.9 Å². The van der Waals surface area contributed by atoms with Crippen molar-refractivity contribution in [3.05, 3.63) is 58.2 Å². The molecule has 0 saturated carbocycles. The maximum atomic E-state index is 12.4. The number of carbonyl (C=O) groups is 1. The second kappa shape index (κ2) is 8.05. The van der Waals surface area contributed by atoms with Gasteiger partial charge in [0.1, 0.15) is 24.0 Å². The maximum Gasteiger partial charge on any atom is 0.338 e. The van der Waals surface area contributed by atoms with Gasteiger partial charge in [0.2, 0.25) is 5.88 Å². The summed E-state index contributed by atoms with van der Waals surface area (Å²) in [5.74, 6) is 4.42. The number of nitrogens with two attached hydrogens (primary N) is 1. The topological polar surface area (TPSA) is 106 Å². The van der Waals surface area contributed by atoms with Crippen LogP contribution in [0.4, 0.5) is 0 Å². The summed E-state index contributed by atoms with van der Waals surface area (Å²) in [6, 6.07) is 9.04. The number of hydrogen-bond donors (Lipinski definition) is 2. The summed E-state index contributed by atoms with van der Waals surface area (Å²) in [6.07, 6.45) is 0. The molecule has 1 aliphatic heterocycles. The van der Waals surface area contributed by atoms with E-state index >= 15 is 0 Å². The molecule has 1 aromatic carbocycles. The molecule has 1 atom stereocenters. The molecular formula is C19H18N2O4. The molecule has 0 amide bonds. The Morgan fingerprint density at radius 1 is 1.40 bits per heavy atom. The highest BCUT2D eigenvalue weighted by atomic mass is 16.5. The van der Waals surface area contributed by atoms with Gasteiger partial charge in [-0.15, -0.1) is 0 Å². The minimum atomic E-state index is -0.669. The van der Waals surface area contributed by atoms with Crippen LogP contribution in [-0.4, -0.2) is 24.3 Å². The van der Waals surface area contributed by atoms with Crippen molar-refractivity contribution in [2.75, 3.05) is 13.2 Å². The highest BCUT2D eigenvalue weighted by Crippen LogP contribution is 2.39.